The van der Waals surface area contributed by atoms with Crippen molar-refractivity contribution in [2.75, 3.05) is 32.1 Å². The Morgan fingerprint density at radius 1 is 1.05 bits per heavy atom. The van der Waals surface area contributed by atoms with E-state index in [2.05, 4.69) is 15.5 Å². The average Bonchev–Trinajstić information content (AvgIpc) is 3.18. The van der Waals surface area contributed by atoms with Gasteiger partial charge in [0.25, 0.3) is 5.91 Å². The normalized spacial score (nSPS) is 18.9. The number of benzene rings is 3. The summed E-state index contributed by atoms with van der Waals surface area (Å²) < 4.78 is 5.26. The first-order chi connectivity index (χ1) is 18.9. The topological polar surface area (TPSA) is 91.0 Å². The van der Waals surface area contributed by atoms with Crippen LogP contribution in [0.3, 0.4) is 0 Å². The summed E-state index contributed by atoms with van der Waals surface area (Å²) in [7, 11) is 3.60. The first-order valence-electron chi connectivity index (χ1n) is 13.3. The van der Waals surface area contributed by atoms with E-state index in [1.165, 1.54) is 0 Å². The van der Waals surface area contributed by atoms with Gasteiger partial charge in [0.2, 0.25) is 5.91 Å². The lowest BCUT2D eigenvalue weighted by Crippen LogP contribution is -2.49. The van der Waals surface area contributed by atoms with Crippen LogP contribution in [0.5, 0.6) is 5.75 Å². The van der Waals surface area contributed by atoms with E-state index in [4.69, 9.17) is 4.74 Å². The van der Waals surface area contributed by atoms with Crippen molar-refractivity contribution in [2.24, 2.45) is 0 Å². The second-order valence-electron chi connectivity index (χ2n) is 10.3. The molecule has 8 nitrogen and oxygen atoms in total. The molecule has 1 unspecified atom stereocenters. The van der Waals surface area contributed by atoms with Gasteiger partial charge in [-0.1, -0.05) is 54.6 Å². The molecule has 39 heavy (non-hydrogen) atoms. The zero-order valence-electron chi connectivity index (χ0n) is 22.4. The van der Waals surface area contributed by atoms with Crippen LogP contribution < -0.4 is 20.3 Å². The number of rotatable bonds is 9. The van der Waals surface area contributed by atoms with Crippen LogP contribution in [-0.4, -0.2) is 56.0 Å². The second-order valence-corrected chi connectivity index (χ2v) is 10.3. The standard InChI is InChI=1S/C31H34N4O4/c1-34(25-14-16-26(39-2)17-15-25)20-24(19-22-9-4-3-5-10-22)32-28(36)21-35-29(37)31(33-30(35)38)18-8-12-23-11-6-7-13-27(23)31/h3-7,9-11,13-17,24H,8,12,18-21H2,1-2H3,(H,32,36)(H,33,38)/t24-,31?/m0/s1. The Morgan fingerprint density at radius 3 is 2.51 bits per heavy atom. The van der Waals surface area contributed by atoms with Crippen molar-refractivity contribution in [2.45, 2.75) is 37.3 Å². The van der Waals surface area contributed by atoms with E-state index < -0.39 is 11.6 Å². The zero-order valence-corrected chi connectivity index (χ0v) is 22.4. The molecule has 1 heterocycles. The molecular formula is C31H34N4O4. The molecule has 3 aromatic rings. The number of carbonyl (C=O) groups is 3. The summed E-state index contributed by atoms with van der Waals surface area (Å²) in [6.07, 6.45) is 2.78. The van der Waals surface area contributed by atoms with Crippen molar-refractivity contribution in [3.63, 3.8) is 0 Å². The molecule has 5 rings (SSSR count). The van der Waals surface area contributed by atoms with Crippen LogP contribution in [-0.2, 0) is 28.0 Å². The number of ether oxygens (including phenoxy) is 1. The third-order valence-corrected chi connectivity index (χ3v) is 7.65. The molecule has 4 amide bonds. The number of aryl methyl sites for hydroxylation is 1. The van der Waals surface area contributed by atoms with Gasteiger partial charge >= 0.3 is 6.03 Å². The molecule has 1 fully saturated rings. The third kappa shape index (κ3) is 5.46. The van der Waals surface area contributed by atoms with E-state index in [1.807, 2.05) is 85.9 Å². The van der Waals surface area contributed by atoms with E-state index >= 15 is 0 Å². The van der Waals surface area contributed by atoms with Gasteiger partial charge in [0.05, 0.1) is 13.2 Å². The van der Waals surface area contributed by atoms with E-state index in [9.17, 15) is 14.4 Å². The molecule has 0 saturated carbocycles. The van der Waals surface area contributed by atoms with Crippen LogP contribution >= 0.6 is 0 Å². The minimum atomic E-state index is -1.09. The highest BCUT2D eigenvalue weighted by atomic mass is 16.5. The number of methoxy groups -OCH3 is 1. The minimum absolute atomic E-state index is 0.253. The third-order valence-electron chi connectivity index (χ3n) is 7.65. The maximum atomic E-state index is 13.6. The summed E-state index contributed by atoms with van der Waals surface area (Å²) in [5, 5.41) is 6.01. The van der Waals surface area contributed by atoms with Gasteiger partial charge in [0.1, 0.15) is 17.8 Å². The number of nitrogens with one attached hydrogen (secondary N) is 2. The number of fused-ring (bicyclic) bond motifs is 2. The fraction of sp³-hybridized carbons (Fsp3) is 0.323. The Morgan fingerprint density at radius 2 is 1.77 bits per heavy atom. The molecule has 1 spiro atoms. The smallest absolute Gasteiger partial charge is 0.325 e. The van der Waals surface area contributed by atoms with Crippen LogP contribution in [0.15, 0.2) is 78.9 Å². The molecule has 2 N–H and O–H groups in total. The van der Waals surface area contributed by atoms with Crippen LogP contribution in [0.4, 0.5) is 10.5 Å². The molecule has 2 aliphatic rings. The predicted octanol–water partition coefficient (Wildman–Crippen LogP) is 3.64. The maximum Gasteiger partial charge on any atom is 0.325 e. The number of carbonyl (C=O) groups excluding carboxylic acids is 3. The summed E-state index contributed by atoms with van der Waals surface area (Å²) in [4.78, 5) is 43.0. The molecular weight excluding hydrogens is 492 g/mol. The van der Waals surface area contributed by atoms with Gasteiger partial charge in [-0.3, -0.25) is 14.5 Å². The molecule has 0 radical (unpaired) electrons. The number of hydrogen-bond donors (Lipinski definition) is 2. The maximum absolute atomic E-state index is 13.6. The lowest BCUT2D eigenvalue weighted by atomic mass is 9.76. The Balaban J connectivity index is 1.30. The van der Waals surface area contributed by atoms with Crippen LogP contribution in [0.25, 0.3) is 0 Å². The molecule has 1 aliphatic carbocycles. The Kier molecular flexibility index (Phi) is 7.54. The van der Waals surface area contributed by atoms with E-state index in [0.717, 1.165) is 45.9 Å². The second kappa shape index (κ2) is 11.2. The lowest BCUT2D eigenvalue weighted by molar-refractivity contribution is -0.135. The van der Waals surface area contributed by atoms with Gasteiger partial charge in [-0.15, -0.1) is 0 Å². The molecule has 2 atom stereocenters. The molecule has 3 aromatic carbocycles. The van der Waals surface area contributed by atoms with Crippen molar-refractivity contribution in [1.82, 2.24) is 15.5 Å². The quantitative estimate of drug-likeness (QED) is 0.416. The average molecular weight is 527 g/mol. The Labute approximate surface area is 228 Å². The largest absolute Gasteiger partial charge is 0.497 e. The van der Waals surface area contributed by atoms with E-state index in [1.54, 1.807) is 7.11 Å². The molecule has 1 aliphatic heterocycles. The molecule has 0 bridgehead atoms. The SMILES string of the molecule is COc1ccc(N(C)C[C@H](Cc2ccccc2)NC(=O)CN2C(=O)NC3(CCCc4ccccc43)C2=O)cc1. The summed E-state index contributed by atoms with van der Waals surface area (Å²) >= 11 is 0. The number of likely N-dealkylation sites (N-methyl/N-ethyl adjacent to an activating group) is 1. The minimum Gasteiger partial charge on any atom is -0.497 e. The van der Waals surface area contributed by atoms with Crippen molar-refractivity contribution in [3.05, 3.63) is 95.6 Å². The van der Waals surface area contributed by atoms with Crippen LogP contribution in [0, 0.1) is 0 Å². The van der Waals surface area contributed by atoms with Gasteiger partial charge in [0, 0.05) is 19.3 Å². The summed E-state index contributed by atoms with van der Waals surface area (Å²) in [5.74, 6) is 0.0432. The van der Waals surface area contributed by atoms with Gasteiger partial charge in [-0.05, 0) is 66.6 Å². The fourth-order valence-electron chi connectivity index (χ4n) is 5.70. The van der Waals surface area contributed by atoms with Gasteiger partial charge < -0.3 is 20.3 Å². The van der Waals surface area contributed by atoms with Crippen molar-refractivity contribution >= 4 is 23.5 Å². The van der Waals surface area contributed by atoms with Crippen molar-refractivity contribution in [3.8, 4) is 5.75 Å². The summed E-state index contributed by atoms with van der Waals surface area (Å²) in [6.45, 7) is 0.205. The highest BCUT2D eigenvalue weighted by molar-refractivity contribution is 6.09. The molecule has 1 saturated heterocycles. The first kappa shape index (κ1) is 26.3. The van der Waals surface area contributed by atoms with E-state index in [-0.39, 0.29) is 24.4 Å². The predicted molar refractivity (Wildman–Crippen MR) is 150 cm³/mol. The monoisotopic (exact) mass is 526 g/mol. The Hall–Kier alpha value is -4.33. The van der Waals surface area contributed by atoms with E-state index in [0.29, 0.717) is 19.4 Å². The Bertz CT molecular complexity index is 1340. The molecule has 202 valence electrons. The number of nitrogens with zero attached hydrogens (tertiary/aromatic N) is 2. The lowest BCUT2D eigenvalue weighted by Gasteiger charge is -2.33. The molecule has 0 aromatic heterocycles. The first-order valence-corrected chi connectivity index (χ1v) is 13.3. The molecule has 8 heteroatoms. The number of anilines is 1. The fourth-order valence-corrected chi connectivity index (χ4v) is 5.70. The highest BCUT2D eigenvalue weighted by Gasteiger charge is 2.54. The van der Waals surface area contributed by atoms with Gasteiger partial charge in [-0.25, -0.2) is 4.79 Å². The van der Waals surface area contributed by atoms with Crippen molar-refractivity contribution < 1.29 is 19.1 Å². The zero-order chi connectivity index (χ0) is 27.4. The van der Waals surface area contributed by atoms with Crippen LogP contribution in [0.2, 0.25) is 0 Å². The highest BCUT2D eigenvalue weighted by Crippen LogP contribution is 2.39. The number of urea groups is 1. The van der Waals surface area contributed by atoms with Gasteiger partial charge in [0.15, 0.2) is 0 Å². The number of imide groups is 1. The summed E-state index contributed by atoms with van der Waals surface area (Å²) in [6, 6.07) is 24.6. The number of hydrogen-bond acceptors (Lipinski definition) is 5. The van der Waals surface area contributed by atoms with Gasteiger partial charge in [-0.2, -0.15) is 0 Å². The summed E-state index contributed by atoms with van der Waals surface area (Å²) in [5.41, 5.74) is 2.87. The number of amides is 4. The van der Waals surface area contributed by atoms with Crippen molar-refractivity contribution in [1.29, 1.82) is 0 Å². The van der Waals surface area contributed by atoms with Crippen LogP contribution in [0.1, 0.15) is 29.5 Å².